The molecule has 0 aromatic carbocycles. The number of nitrogens with two attached hydrogens (primary N) is 1. The summed E-state index contributed by atoms with van der Waals surface area (Å²) in [6.07, 6.45) is 1.67. The van der Waals surface area contributed by atoms with Crippen LogP contribution in [-0.4, -0.2) is 22.3 Å². The van der Waals surface area contributed by atoms with E-state index in [4.69, 9.17) is 5.73 Å². The van der Waals surface area contributed by atoms with Gasteiger partial charge in [-0.15, -0.1) is 0 Å². The number of anilines is 1. The molecule has 1 aliphatic rings. The van der Waals surface area contributed by atoms with Gasteiger partial charge >= 0.3 is 0 Å². The third kappa shape index (κ3) is 4.21. The first-order chi connectivity index (χ1) is 9.99. The van der Waals surface area contributed by atoms with Crippen molar-refractivity contribution in [3.8, 4) is 0 Å². The van der Waals surface area contributed by atoms with E-state index in [-0.39, 0.29) is 11.8 Å². The number of aromatic nitrogens is 1. The highest BCUT2D eigenvalue weighted by Gasteiger charge is 2.23. The van der Waals surface area contributed by atoms with Gasteiger partial charge in [-0.05, 0) is 18.9 Å². The second-order valence-corrected chi connectivity index (χ2v) is 5.11. The highest BCUT2D eigenvalue weighted by atomic mass is 16.2. The Labute approximate surface area is 127 Å². The number of hydrogen-bond acceptors (Lipinski definition) is 4. The first-order valence-electron chi connectivity index (χ1n) is 7.44. The Morgan fingerprint density at radius 1 is 1.43 bits per heavy atom. The minimum Gasteiger partial charge on any atom is -0.383 e. The van der Waals surface area contributed by atoms with E-state index in [1.165, 1.54) is 0 Å². The van der Waals surface area contributed by atoms with Crippen LogP contribution in [0.3, 0.4) is 0 Å². The van der Waals surface area contributed by atoms with E-state index in [1.807, 2.05) is 37.8 Å². The van der Waals surface area contributed by atoms with Crippen LogP contribution in [0.5, 0.6) is 0 Å². The maximum atomic E-state index is 11.8. The summed E-state index contributed by atoms with van der Waals surface area (Å²) in [7, 11) is 0. The fourth-order valence-electron chi connectivity index (χ4n) is 2.27. The third-order valence-electron chi connectivity index (χ3n) is 3.34. The number of nitrogens with zero attached hydrogens (tertiary/aromatic N) is 2. The largest absolute Gasteiger partial charge is 0.383 e. The van der Waals surface area contributed by atoms with Crippen molar-refractivity contribution in [1.82, 2.24) is 15.2 Å². The predicted octanol–water partition coefficient (Wildman–Crippen LogP) is 2.51. The van der Waals surface area contributed by atoms with E-state index in [2.05, 4.69) is 24.1 Å². The van der Waals surface area contributed by atoms with Gasteiger partial charge in [0.15, 0.2) is 0 Å². The highest BCUT2D eigenvalue weighted by molar-refractivity contribution is 5.81. The Hall–Kier alpha value is -2.04. The van der Waals surface area contributed by atoms with Crippen molar-refractivity contribution in [2.24, 2.45) is 5.92 Å². The van der Waals surface area contributed by atoms with Crippen LogP contribution in [0.2, 0.25) is 0 Å². The number of nitrogen functional groups attached to an aromatic ring is 1. The second-order valence-electron chi connectivity index (χ2n) is 5.11. The molecule has 1 aliphatic heterocycles. The molecule has 5 nitrogen and oxygen atoms in total. The summed E-state index contributed by atoms with van der Waals surface area (Å²) in [5.74, 6) is 0.835. The average molecular weight is 290 g/mol. The number of amides is 1. The van der Waals surface area contributed by atoms with Crippen molar-refractivity contribution >= 4 is 11.7 Å². The summed E-state index contributed by atoms with van der Waals surface area (Å²) in [5.41, 5.74) is 8.88. The minimum absolute atomic E-state index is 0.0248. The zero-order valence-corrected chi connectivity index (χ0v) is 13.6. The van der Waals surface area contributed by atoms with E-state index in [1.54, 1.807) is 6.20 Å². The van der Waals surface area contributed by atoms with Crippen molar-refractivity contribution in [2.45, 2.75) is 41.2 Å². The molecule has 1 aromatic heterocycles. The fraction of sp³-hybridized carbons (Fsp3) is 0.500. The number of pyridine rings is 1. The van der Waals surface area contributed by atoms with Crippen LogP contribution in [0.1, 0.15) is 40.2 Å². The smallest absolute Gasteiger partial charge is 0.243 e. The molecule has 0 aliphatic carbocycles. The van der Waals surface area contributed by atoms with Crippen molar-refractivity contribution in [3.63, 3.8) is 0 Å². The lowest BCUT2D eigenvalue weighted by Gasteiger charge is -2.33. The predicted molar refractivity (Wildman–Crippen MR) is 86.1 cm³/mol. The molecular formula is C16H26N4O. The zero-order valence-electron chi connectivity index (χ0n) is 13.6. The molecule has 21 heavy (non-hydrogen) atoms. The van der Waals surface area contributed by atoms with Crippen LogP contribution >= 0.6 is 0 Å². The lowest BCUT2D eigenvalue weighted by atomic mass is 10.1. The van der Waals surface area contributed by atoms with Gasteiger partial charge in [-0.2, -0.15) is 0 Å². The van der Waals surface area contributed by atoms with E-state index >= 15 is 0 Å². The number of nitrogens with one attached hydrogen (secondary N) is 1. The number of rotatable bonds is 3. The normalized spacial score (nSPS) is 14.8. The molecule has 0 saturated heterocycles. The molecule has 0 saturated carbocycles. The van der Waals surface area contributed by atoms with E-state index in [9.17, 15) is 4.79 Å². The molecule has 1 amide bonds. The SMILES string of the molecule is CC.CC1=C(C(C)C)NC(=O)CN1Cc1cccnc1N. The molecule has 3 N–H and O–H groups in total. The third-order valence-corrected chi connectivity index (χ3v) is 3.34. The van der Waals surface area contributed by atoms with Gasteiger partial charge in [0, 0.05) is 29.7 Å². The number of allylic oxidation sites excluding steroid dienone is 2. The molecule has 0 spiro atoms. The molecule has 0 radical (unpaired) electrons. The molecule has 0 bridgehead atoms. The van der Waals surface area contributed by atoms with E-state index in [0.717, 1.165) is 17.0 Å². The molecule has 0 atom stereocenters. The maximum absolute atomic E-state index is 11.8. The van der Waals surface area contributed by atoms with Gasteiger partial charge < -0.3 is 16.0 Å². The second kappa shape index (κ2) is 7.67. The van der Waals surface area contributed by atoms with Crippen molar-refractivity contribution in [2.75, 3.05) is 12.3 Å². The van der Waals surface area contributed by atoms with Crippen LogP contribution in [0.4, 0.5) is 5.82 Å². The molecular weight excluding hydrogens is 264 g/mol. The Bertz CT molecular complexity index is 523. The summed E-state index contributed by atoms with van der Waals surface area (Å²) in [4.78, 5) is 17.9. The Morgan fingerprint density at radius 3 is 2.67 bits per heavy atom. The molecule has 2 rings (SSSR count). The monoisotopic (exact) mass is 290 g/mol. The summed E-state index contributed by atoms with van der Waals surface area (Å²) in [6, 6.07) is 3.80. The van der Waals surface area contributed by atoms with Crippen LogP contribution < -0.4 is 11.1 Å². The van der Waals surface area contributed by atoms with Crippen LogP contribution in [0.25, 0.3) is 0 Å². The van der Waals surface area contributed by atoms with E-state index < -0.39 is 0 Å². The maximum Gasteiger partial charge on any atom is 0.243 e. The Balaban J connectivity index is 0.00000106. The Morgan fingerprint density at radius 2 is 2.10 bits per heavy atom. The quantitative estimate of drug-likeness (QED) is 0.897. The molecule has 0 unspecified atom stereocenters. The Kier molecular flexibility index (Phi) is 6.21. The van der Waals surface area contributed by atoms with Crippen LogP contribution in [0.15, 0.2) is 29.7 Å². The summed E-state index contributed by atoms with van der Waals surface area (Å²) < 4.78 is 0. The van der Waals surface area contributed by atoms with Crippen LogP contribution in [0, 0.1) is 5.92 Å². The highest BCUT2D eigenvalue weighted by Crippen LogP contribution is 2.22. The van der Waals surface area contributed by atoms with Crippen molar-refractivity contribution < 1.29 is 4.79 Å². The van der Waals surface area contributed by atoms with Gasteiger partial charge in [-0.3, -0.25) is 4.79 Å². The summed E-state index contributed by atoms with van der Waals surface area (Å²) in [5, 5.41) is 2.95. The number of carbonyl (C=O) groups is 1. The van der Waals surface area contributed by atoms with Gasteiger partial charge in [0.05, 0.1) is 6.54 Å². The van der Waals surface area contributed by atoms with Crippen LogP contribution in [-0.2, 0) is 11.3 Å². The molecule has 116 valence electrons. The van der Waals surface area contributed by atoms with Gasteiger partial charge in [-0.1, -0.05) is 33.8 Å². The van der Waals surface area contributed by atoms with E-state index in [0.29, 0.717) is 18.9 Å². The first kappa shape index (κ1) is 17.0. The number of hydrogen-bond donors (Lipinski definition) is 2. The molecule has 1 aromatic rings. The fourth-order valence-corrected chi connectivity index (χ4v) is 2.27. The number of carbonyl (C=O) groups excluding carboxylic acids is 1. The minimum atomic E-state index is 0.0248. The zero-order chi connectivity index (χ0) is 16.0. The standard InChI is InChI=1S/C14H20N4O.C2H6/c1-9(2)13-10(3)18(8-12(19)17-13)7-11-5-4-6-16-14(11)15;1-2/h4-6,9H,7-8H2,1-3H3,(H2,15,16)(H,17,19);1-2H3. The average Bonchev–Trinajstić information content (AvgIpc) is 2.46. The summed E-state index contributed by atoms with van der Waals surface area (Å²) in [6.45, 7) is 11.1. The topological polar surface area (TPSA) is 71.2 Å². The summed E-state index contributed by atoms with van der Waals surface area (Å²) >= 11 is 0. The van der Waals surface area contributed by atoms with Gasteiger partial charge in [-0.25, -0.2) is 4.98 Å². The molecule has 0 fully saturated rings. The van der Waals surface area contributed by atoms with Crippen molar-refractivity contribution in [3.05, 3.63) is 35.3 Å². The van der Waals surface area contributed by atoms with Gasteiger partial charge in [0.2, 0.25) is 5.91 Å². The van der Waals surface area contributed by atoms with Gasteiger partial charge in [0.25, 0.3) is 0 Å². The first-order valence-corrected chi connectivity index (χ1v) is 7.44. The molecule has 5 heteroatoms. The molecule has 2 heterocycles. The van der Waals surface area contributed by atoms with Crippen molar-refractivity contribution in [1.29, 1.82) is 0 Å². The lowest BCUT2D eigenvalue weighted by molar-refractivity contribution is -0.122. The van der Waals surface area contributed by atoms with Gasteiger partial charge in [0.1, 0.15) is 5.82 Å². The lowest BCUT2D eigenvalue weighted by Crippen LogP contribution is -2.43.